The molecule has 2 aromatic carbocycles. The molecule has 7 nitrogen and oxygen atoms in total. The highest BCUT2D eigenvalue weighted by atomic mass is 35.5. The Bertz CT molecular complexity index is 1230. The van der Waals surface area contributed by atoms with Crippen molar-refractivity contribution in [3.8, 4) is 0 Å². The van der Waals surface area contributed by atoms with Crippen LogP contribution in [0.1, 0.15) is 5.56 Å². The van der Waals surface area contributed by atoms with Gasteiger partial charge in [0.25, 0.3) is 11.8 Å². The van der Waals surface area contributed by atoms with Gasteiger partial charge in [-0.3, -0.25) is 19.7 Å². The number of benzene rings is 2. The van der Waals surface area contributed by atoms with Crippen molar-refractivity contribution in [2.75, 3.05) is 4.90 Å². The topological polar surface area (TPSA) is 96.7 Å². The molecule has 2 heterocycles. The zero-order chi connectivity index (χ0) is 19.8. The second-order valence-electron chi connectivity index (χ2n) is 5.95. The molecule has 1 aliphatic rings. The van der Waals surface area contributed by atoms with Gasteiger partial charge in [0.1, 0.15) is 17.4 Å². The minimum atomic E-state index is -0.896. The van der Waals surface area contributed by atoms with Gasteiger partial charge < -0.3 is 4.42 Å². The number of imide groups is 2. The largest absolute Gasteiger partial charge is 0.463 e. The number of nitrogens with one attached hydrogen (secondary N) is 1. The highest BCUT2D eigenvalue weighted by molar-refractivity contribution is 6.39. The molecule has 1 aliphatic heterocycles. The summed E-state index contributed by atoms with van der Waals surface area (Å²) in [5.41, 5.74) is -0.132. The molecule has 4 rings (SSSR count). The molecule has 1 N–H and O–H groups in total. The van der Waals surface area contributed by atoms with Gasteiger partial charge in [-0.1, -0.05) is 23.7 Å². The predicted molar refractivity (Wildman–Crippen MR) is 103 cm³/mol. The van der Waals surface area contributed by atoms with Crippen molar-refractivity contribution >= 4 is 52.2 Å². The van der Waals surface area contributed by atoms with Crippen LogP contribution in [0.4, 0.5) is 10.5 Å². The number of anilines is 1. The summed E-state index contributed by atoms with van der Waals surface area (Å²) >= 11 is 5.83. The molecule has 1 fully saturated rings. The van der Waals surface area contributed by atoms with E-state index in [-0.39, 0.29) is 16.8 Å². The maximum Gasteiger partial charge on any atom is 0.335 e. The lowest BCUT2D eigenvalue weighted by atomic mass is 10.1. The Hall–Kier alpha value is -3.71. The molecule has 4 amide bonds. The molecule has 0 atom stereocenters. The molecule has 1 saturated heterocycles. The van der Waals surface area contributed by atoms with Crippen LogP contribution in [0.25, 0.3) is 17.0 Å². The average Bonchev–Trinajstić information content (AvgIpc) is 2.68. The van der Waals surface area contributed by atoms with Gasteiger partial charge in [-0.2, -0.15) is 0 Å². The number of amides is 4. The fraction of sp³-hybridized carbons (Fsp3) is 0. The number of carbonyl (C=O) groups excluding carboxylic acids is 3. The molecule has 28 heavy (non-hydrogen) atoms. The van der Waals surface area contributed by atoms with Crippen LogP contribution in [0.2, 0.25) is 5.02 Å². The van der Waals surface area contributed by atoms with E-state index in [1.165, 1.54) is 30.5 Å². The number of hydrogen-bond acceptors (Lipinski definition) is 5. The summed E-state index contributed by atoms with van der Waals surface area (Å²) in [6, 6.07) is 11.7. The summed E-state index contributed by atoms with van der Waals surface area (Å²) < 4.78 is 5.40. The quantitative estimate of drug-likeness (QED) is 0.532. The van der Waals surface area contributed by atoms with Crippen LogP contribution >= 0.6 is 11.6 Å². The van der Waals surface area contributed by atoms with Crippen molar-refractivity contribution in [2.45, 2.75) is 0 Å². The lowest BCUT2D eigenvalue weighted by Crippen LogP contribution is -2.54. The molecule has 8 heteroatoms. The number of para-hydroxylation sites is 1. The van der Waals surface area contributed by atoms with Crippen molar-refractivity contribution in [1.29, 1.82) is 0 Å². The van der Waals surface area contributed by atoms with E-state index < -0.39 is 23.3 Å². The number of hydrogen-bond donors (Lipinski definition) is 1. The highest BCUT2D eigenvalue weighted by Gasteiger charge is 2.37. The van der Waals surface area contributed by atoms with Crippen molar-refractivity contribution in [2.24, 2.45) is 0 Å². The monoisotopic (exact) mass is 394 g/mol. The fourth-order valence-corrected chi connectivity index (χ4v) is 2.96. The second-order valence-corrected chi connectivity index (χ2v) is 6.39. The predicted octanol–water partition coefficient (Wildman–Crippen LogP) is 3.11. The number of carbonyl (C=O) groups is 3. The van der Waals surface area contributed by atoms with Crippen molar-refractivity contribution in [3.05, 3.63) is 81.2 Å². The highest BCUT2D eigenvalue weighted by Crippen LogP contribution is 2.23. The zero-order valence-electron chi connectivity index (χ0n) is 14.1. The summed E-state index contributed by atoms with van der Waals surface area (Å²) in [4.78, 5) is 50.6. The smallest absolute Gasteiger partial charge is 0.335 e. The lowest BCUT2D eigenvalue weighted by molar-refractivity contribution is -0.122. The Morgan fingerprint density at radius 3 is 2.43 bits per heavy atom. The first kappa shape index (κ1) is 17.7. The summed E-state index contributed by atoms with van der Waals surface area (Å²) in [5.74, 6) is -1.75. The Labute approximate surface area is 162 Å². The zero-order valence-corrected chi connectivity index (χ0v) is 14.9. The molecule has 3 aromatic rings. The lowest BCUT2D eigenvalue weighted by Gasteiger charge is -2.26. The number of rotatable bonds is 2. The maximum absolute atomic E-state index is 12.8. The van der Waals surface area contributed by atoms with Crippen LogP contribution in [-0.2, 0) is 9.59 Å². The van der Waals surface area contributed by atoms with Gasteiger partial charge in [-0.25, -0.2) is 9.69 Å². The number of urea groups is 1. The van der Waals surface area contributed by atoms with Gasteiger partial charge in [0.05, 0.1) is 16.6 Å². The van der Waals surface area contributed by atoms with Crippen molar-refractivity contribution in [3.63, 3.8) is 0 Å². The third kappa shape index (κ3) is 2.97. The summed E-state index contributed by atoms with van der Waals surface area (Å²) in [5, 5.41) is 2.83. The first-order valence-corrected chi connectivity index (χ1v) is 8.51. The van der Waals surface area contributed by atoms with E-state index >= 15 is 0 Å². The number of fused-ring (bicyclic) bond motifs is 1. The number of halogens is 1. The summed E-state index contributed by atoms with van der Waals surface area (Å²) in [6.07, 6.45) is 2.28. The SMILES string of the molecule is O=C1NC(=O)N(c2ccc(Cl)cc2)C(=O)C1=Cc1coc2ccccc2c1=O. The first-order valence-electron chi connectivity index (χ1n) is 8.13. The van der Waals surface area contributed by atoms with Gasteiger partial charge in [0, 0.05) is 5.02 Å². The molecule has 138 valence electrons. The van der Waals surface area contributed by atoms with Crippen LogP contribution in [0, 0.1) is 0 Å². The Morgan fingerprint density at radius 1 is 0.964 bits per heavy atom. The molecular weight excluding hydrogens is 384 g/mol. The normalized spacial score (nSPS) is 16.0. The van der Waals surface area contributed by atoms with E-state index in [1.54, 1.807) is 24.3 Å². The second kappa shape index (κ2) is 6.79. The van der Waals surface area contributed by atoms with Crippen LogP contribution in [0.15, 0.2) is 69.6 Å². The molecule has 0 spiro atoms. The van der Waals surface area contributed by atoms with Crippen molar-refractivity contribution < 1.29 is 18.8 Å². The van der Waals surface area contributed by atoms with Crippen LogP contribution in [0.3, 0.4) is 0 Å². The molecule has 0 bridgehead atoms. The van der Waals surface area contributed by atoms with E-state index in [4.69, 9.17) is 16.0 Å². The Morgan fingerprint density at radius 2 is 1.68 bits per heavy atom. The summed E-state index contributed by atoms with van der Waals surface area (Å²) in [6.45, 7) is 0. The third-order valence-corrected chi connectivity index (χ3v) is 4.45. The minimum Gasteiger partial charge on any atom is -0.463 e. The van der Waals surface area contributed by atoms with Gasteiger partial charge >= 0.3 is 6.03 Å². The van der Waals surface area contributed by atoms with Crippen LogP contribution in [-0.4, -0.2) is 17.8 Å². The van der Waals surface area contributed by atoms with Crippen LogP contribution < -0.4 is 15.6 Å². The van der Waals surface area contributed by atoms with E-state index in [1.807, 2.05) is 0 Å². The molecule has 0 aliphatic carbocycles. The van der Waals surface area contributed by atoms with Crippen LogP contribution in [0.5, 0.6) is 0 Å². The molecule has 0 saturated carbocycles. The number of barbiturate groups is 1. The standard InChI is InChI=1S/C20H11ClN2O5/c21-12-5-7-13(8-6-12)23-19(26)15(18(25)22-20(23)27)9-11-10-28-16-4-2-1-3-14(16)17(11)24/h1-10H,(H,22,25,27). The van der Waals surface area contributed by atoms with E-state index in [0.29, 0.717) is 16.0 Å². The fourth-order valence-electron chi connectivity index (χ4n) is 2.83. The Balaban J connectivity index is 1.80. The number of nitrogens with zero attached hydrogens (tertiary/aromatic N) is 1. The third-order valence-electron chi connectivity index (χ3n) is 4.19. The van der Waals surface area contributed by atoms with Gasteiger partial charge in [-0.05, 0) is 42.5 Å². The Kier molecular flexibility index (Phi) is 4.29. The van der Waals surface area contributed by atoms with E-state index in [0.717, 1.165) is 11.0 Å². The van der Waals surface area contributed by atoms with Gasteiger partial charge in [0.15, 0.2) is 5.43 Å². The molecule has 0 radical (unpaired) electrons. The average molecular weight is 395 g/mol. The molecule has 0 unspecified atom stereocenters. The van der Waals surface area contributed by atoms with Gasteiger partial charge in [0.2, 0.25) is 0 Å². The minimum absolute atomic E-state index is 0.0163. The first-order chi connectivity index (χ1) is 13.5. The molecular formula is C20H11ClN2O5. The maximum atomic E-state index is 12.8. The van der Waals surface area contributed by atoms with Gasteiger partial charge in [-0.15, -0.1) is 0 Å². The van der Waals surface area contributed by atoms with E-state index in [2.05, 4.69) is 5.32 Å². The summed E-state index contributed by atoms with van der Waals surface area (Å²) in [7, 11) is 0. The molecule has 1 aromatic heterocycles. The van der Waals surface area contributed by atoms with Crippen molar-refractivity contribution in [1.82, 2.24) is 5.32 Å². The van der Waals surface area contributed by atoms with E-state index in [9.17, 15) is 19.2 Å².